The van der Waals surface area contributed by atoms with Gasteiger partial charge in [0.25, 0.3) is 0 Å². The van der Waals surface area contributed by atoms with Crippen LogP contribution in [-0.2, 0) is 0 Å². The zero-order chi connectivity index (χ0) is 9.68. The van der Waals surface area contributed by atoms with Crippen LogP contribution in [0, 0.1) is 0 Å². The Morgan fingerprint density at radius 3 is 2.54 bits per heavy atom. The van der Waals surface area contributed by atoms with E-state index in [1.165, 1.54) is 0 Å². The van der Waals surface area contributed by atoms with Crippen LogP contribution in [0.2, 0.25) is 0 Å². The van der Waals surface area contributed by atoms with E-state index in [-0.39, 0.29) is 6.04 Å². The SMILES string of the molecule is C[C@H](NCN)[C@H](O)c1ccccc1. The van der Waals surface area contributed by atoms with Gasteiger partial charge < -0.3 is 10.8 Å². The summed E-state index contributed by atoms with van der Waals surface area (Å²) in [5.41, 5.74) is 6.24. The lowest BCUT2D eigenvalue weighted by atomic mass is 10.0. The van der Waals surface area contributed by atoms with E-state index in [9.17, 15) is 5.11 Å². The molecule has 1 rings (SSSR count). The minimum absolute atomic E-state index is 0.0209. The number of nitrogens with two attached hydrogens (primary N) is 1. The molecule has 0 radical (unpaired) electrons. The van der Waals surface area contributed by atoms with Crippen molar-refractivity contribution >= 4 is 0 Å². The van der Waals surface area contributed by atoms with Gasteiger partial charge in [0.05, 0.1) is 6.10 Å². The Balaban J connectivity index is 2.62. The molecule has 0 bridgehead atoms. The van der Waals surface area contributed by atoms with Crippen LogP contribution in [-0.4, -0.2) is 17.8 Å². The van der Waals surface area contributed by atoms with Gasteiger partial charge >= 0.3 is 0 Å². The van der Waals surface area contributed by atoms with E-state index in [2.05, 4.69) is 5.32 Å². The summed E-state index contributed by atoms with van der Waals surface area (Å²) in [5.74, 6) is 0. The second-order valence-electron chi connectivity index (χ2n) is 3.05. The fraction of sp³-hybridized carbons (Fsp3) is 0.400. The smallest absolute Gasteiger partial charge is 0.0940 e. The summed E-state index contributed by atoms with van der Waals surface area (Å²) in [5, 5.41) is 12.8. The van der Waals surface area contributed by atoms with Crippen LogP contribution in [0.1, 0.15) is 18.6 Å². The maximum absolute atomic E-state index is 9.80. The monoisotopic (exact) mass is 180 g/mol. The molecule has 0 unspecified atom stereocenters. The Morgan fingerprint density at radius 1 is 1.38 bits per heavy atom. The number of hydrogen-bond donors (Lipinski definition) is 3. The van der Waals surface area contributed by atoms with Crippen molar-refractivity contribution in [2.24, 2.45) is 5.73 Å². The second kappa shape index (κ2) is 4.97. The highest BCUT2D eigenvalue weighted by Gasteiger charge is 2.13. The van der Waals surface area contributed by atoms with Crippen LogP contribution in [0.15, 0.2) is 30.3 Å². The summed E-state index contributed by atoms with van der Waals surface area (Å²) in [6, 6.07) is 9.53. The molecule has 0 heterocycles. The zero-order valence-corrected chi connectivity index (χ0v) is 7.77. The molecule has 3 nitrogen and oxygen atoms in total. The normalized spacial score (nSPS) is 15.3. The average Bonchev–Trinajstić information content (AvgIpc) is 2.18. The molecule has 0 aromatic heterocycles. The first-order valence-electron chi connectivity index (χ1n) is 4.42. The van der Waals surface area contributed by atoms with Gasteiger partial charge in [0.15, 0.2) is 0 Å². The van der Waals surface area contributed by atoms with Gasteiger partial charge in [-0.15, -0.1) is 0 Å². The minimum atomic E-state index is -0.496. The zero-order valence-electron chi connectivity index (χ0n) is 7.77. The molecule has 4 N–H and O–H groups in total. The van der Waals surface area contributed by atoms with E-state index in [0.717, 1.165) is 5.56 Å². The molecule has 0 aliphatic carbocycles. The number of aliphatic hydroxyl groups is 1. The molecule has 0 saturated carbocycles. The molecule has 0 fully saturated rings. The summed E-state index contributed by atoms with van der Waals surface area (Å²) in [7, 11) is 0. The van der Waals surface area contributed by atoms with Crippen LogP contribution in [0.25, 0.3) is 0 Å². The van der Waals surface area contributed by atoms with Gasteiger partial charge in [0, 0.05) is 12.7 Å². The lowest BCUT2D eigenvalue weighted by molar-refractivity contribution is 0.136. The first-order chi connectivity index (χ1) is 6.25. The maximum Gasteiger partial charge on any atom is 0.0940 e. The maximum atomic E-state index is 9.80. The summed E-state index contributed by atoms with van der Waals surface area (Å²) in [6.07, 6.45) is -0.496. The van der Waals surface area contributed by atoms with E-state index in [1.807, 2.05) is 37.3 Å². The molecule has 0 amide bonds. The van der Waals surface area contributed by atoms with Gasteiger partial charge in [-0.3, -0.25) is 5.32 Å². The molecule has 1 aromatic carbocycles. The Labute approximate surface area is 78.6 Å². The first kappa shape index (κ1) is 10.2. The largest absolute Gasteiger partial charge is 0.387 e. The standard InChI is InChI=1S/C10H16N2O/c1-8(12-7-11)10(13)9-5-3-2-4-6-9/h2-6,8,10,12-13H,7,11H2,1H3/t8-,10-/m0/s1. The molecule has 13 heavy (non-hydrogen) atoms. The Kier molecular flexibility index (Phi) is 3.89. The highest BCUT2D eigenvalue weighted by Crippen LogP contribution is 2.15. The van der Waals surface area contributed by atoms with Gasteiger partial charge in [-0.2, -0.15) is 0 Å². The molecular formula is C10H16N2O. The Hall–Kier alpha value is -0.900. The van der Waals surface area contributed by atoms with Crippen molar-refractivity contribution in [1.29, 1.82) is 0 Å². The number of rotatable bonds is 4. The molecule has 3 heteroatoms. The van der Waals surface area contributed by atoms with Crippen LogP contribution < -0.4 is 11.1 Å². The van der Waals surface area contributed by atoms with Crippen molar-refractivity contribution in [1.82, 2.24) is 5.32 Å². The molecule has 2 atom stereocenters. The Bertz CT molecular complexity index is 238. The van der Waals surface area contributed by atoms with Crippen LogP contribution in [0.4, 0.5) is 0 Å². The number of aliphatic hydroxyl groups excluding tert-OH is 1. The predicted octanol–water partition coefficient (Wildman–Crippen LogP) is 0.614. The molecule has 72 valence electrons. The van der Waals surface area contributed by atoms with E-state index in [4.69, 9.17) is 5.73 Å². The number of nitrogens with one attached hydrogen (secondary N) is 1. The summed E-state index contributed by atoms with van der Waals surface area (Å²) in [4.78, 5) is 0. The lowest BCUT2D eigenvalue weighted by Crippen LogP contribution is -2.36. The molecule has 1 aromatic rings. The molecule has 0 aliphatic heterocycles. The fourth-order valence-electron chi connectivity index (χ4n) is 1.24. The van der Waals surface area contributed by atoms with Gasteiger partial charge in [-0.05, 0) is 12.5 Å². The van der Waals surface area contributed by atoms with Crippen molar-refractivity contribution in [3.63, 3.8) is 0 Å². The van der Waals surface area contributed by atoms with E-state index >= 15 is 0 Å². The Morgan fingerprint density at radius 2 is 2.00 bits per heavy atom. The van der Waals surface area contributed by atoms with Crippen LogP contribution >= 0.6 is 0 Å². The third kappa shape index (κ3) is 2.81. The minimum Gasteiger partial charge on any atom is -0.387 e. The van der Waals surface area contributed by atoms with E-state index < -0.39 is 6.10 Å². The molecule has 0 aliphatic rings. The fourth-order valence-corrected chi connectivity index (χ4v) is 1.24. The summed E-state index contributed by atoms with van der Waals surface area (Å²) in [6.45, 7) is 2.29. The van der Waals surface area contributed by atoms with E-state index in [0.29, 0.717) is 6.67 Å². The van der Waals surface area contributed by atoms with Crippen molar-refractivity contribution < 1.29 is 5.11 Å². The molecule has 0 saturated heterocycles. The average molecular weight is 180 g/mol. The summed E-state index contributed by atoms with van der Waals surface area (Å²) < 4.78 is 0. The van der Waals surface area contributed by atoms with E-state index in [1.54, 1.807) is 0 Å². The summed E-state index contributed by atoms with van der Waals surface area (Å²) >= 11 is 0. The predicted molar refractivity (Wildman–Crippen MR) is 53.1 cm³/mol. The number of hydrogen-bond acceptors (Lipinski definition) is 3. The van der Waals surface area contributed by atoms with Crippen molar-refractivity contribution in [2.75, 3.05) is 6.67 Å². The molecular weight excluding hydrogens is 164 g/mol. The van der Waals surface area contributed by atoms with Gasteiger partial charge in [0.2, 0.25) is 0 Å². The lowest BCUT2D eigenvalue weighted by Gasteiger charge is -2.19. The van der Waals surface area contributed by atoms with Gasteiger partial charge in [-0.1, -0.05) is 30.3 Å². The van der Waals surface area contributed by atoms with Crippen LogP contribution in [0.5, 0.6) is 0 Å². The highest BCUT2D eigenvalue weighted by atomic mass is 16.3. The van der Waals surface area contributed by atoms with Crippen LogP contribution in [0.3, 0.4) is 0 Å². The van der Waals surface area contributed by atoms with Crippen molar-refractivity contribution in [3.05, 3.63) is 35.9 Å². The second-order valence-corrected chi connectivity index (χ2v) is 3.05. The van der Waals surface area contributed by atoms with Gasteiger partial charge in [-0.25, -0.2) is 0 Å². The third-order valence-corrected chi connectivity index (χ3v) is 2.05. The van der Waals surface area contributed by atoms with Gasteiger partial charge in [0.1, 0.15) is 0 Å². The first-order valence-corrected chi connectivity index (χ1v) is 4.42. The van der Waals surface area contributed by atoms with Crippen molar-refractivity contribution in [3.8, 4) is 0 Å². The molecule has 0 spiro atoms. The topological polar surface area (TPSA) is 58.3 Å². The number of benzene rings is 1. The third-order valence-electron chi connectivity index (χ3n) is 2.05. The highest BCUT2D eigenvalue weighted by molar-refractivity contribution is 5.18. The van der Waals surface area contributed by atoms with Crippen molar-refractivity contribution in [2.45, 2.75) is 19.1 Å². The quantitative estimate of drug-likeness (QED) is 0.595.